The first-order chi connectivity index (χ1) is 9.78. The van der Waals surface area contributed by atoms with Gasteiger partial charge in [0.1, 0.15) is 0 Å². The average molecular weight is 313 g/mol. The summed E-state index contributed by atoms with van der Waals surface area (Å²) in [5.74, 6) is -0.806. The number of nitrogens with one attached hydrogen (secondary N) is 2. The van der Waals surface area contributed by atoms with Crippen LogP contribution in [0.1, 0.15) is 17.3 Å². The predicted octanol–water partition coefficient (Wildman–Crippen LogP) is -0.197. The van der Waals surface area contributed by atoms with Gasteiger partial charge in [-0.15, -0.1) is 0 Å². The monoisotopic (exact) mass is 313 g/mol. The fourth-order valence-electron chi connectivity index (χ4n) is 1.53. The van der Waals surface area contributed by atoms with Gasteiger partial charge in [-0.05, 0) is 25.1 Å². The van der Waals surface area contributed by atoms with E-state index in [1.807, 2.05) is 0 Å². The minimum absolute atomic E-state index is 0.0261. The highest BCUT2D eigenvalue weighted by Crippen LogP contribution is 2.14. The summed E-state index contributed by atoms with van der Waals surface area (Å²) in [6.45, 7) is 2.10. The molecule has 0 heterocycles. The highest BCUT2D eigenvalue weighted by molar-refractivity contribution is 7.89. The summed E-state index contributed by atoms with van der Waals surface area (Å²) in [6, 6.07) is 5.66. The van der Waals surface area contributed by atoms with E-state index in [0.29, 0.717) is 6.54 Å². The number of hydrogen-bond acceptors (Lipinski definition) is 4. The Bertz CT molecular complexity index is 626. The van der Waals surface area contributed by atoms with Crippen LogP contribution < -0.4 is 10.6 Å². The molecule has 0 aliphatic rings. The quantitative estimate of drug-likeness (QED) is 0.760. The van der Waals surface area contributed by atoms with Crippen molar-refractivity contribution in [2.75, 3.05) is 27.2 Å². The van der Waals surface area contributed by atoms with Crippen molar-refractivity contribution < 1.29 is 18.0 Å². The highest BCUT2D eigenvalue weighted by atomic mass is 32.2. The largest absolute Gasteiger partial charge is 0.355 e. The smallest absolute Gasteiger partial charge is 0.251 e. The molecule has 0 aromatic heterocycles. The van der Waals surface area contributed by atoms with Crippen LogP contribution in [0.3, 0.4) is 0 Å². The van der Waals surface area contributed by atoms with Crippen LogP contribution in [0.4, 0.5) is 0 Å². The topological polar surface area (TPSA) is 95.6 Å². The van der Waals surface area contributed by atoms with Crippen molar-refractivity contribution in [3.63, 3.8) is 0 Å². The Morgan fingerprint density at radius 2 is 1.86 bits per heavy atom. The summed E-state index contributed by atoms with van der Waals surface area (Å²) in [5, 5.41) is 4.98. The first kappa shape index (κ1) is 17.1. The lowest BCUT2D eigenvalue weighted by molar-refractivity contribution is -0.120. The second-order valence-electron chi connectivity index (χ2n) is 4.45. The van der Waals surface area contributed by atoms with Gasteiger partial charge in [0.05, 0.1) is 11.4 Å². The maximum absolute atomic E-state index is 12.0. The molecule has 21 heavy (non-hydrogen) atoms. The summed E-state index contributed by atoms with van der Waals surface area (Å²) in [7, 11) is -0.771. The molecule has 1 aromatic carbocycles. The molecule has 1 aromatic rings. The Kier molecular flexibility index (Phi) is 5.86. The van der Waals surface area contributed by atoms with Crippen LogP contribution in [0.5, 0.6) is 0 Å². The van der Waals surface area contributed by atoms with Gasteiger partial charge < -0.3 is 10.6 Å². The number of carbonyl (C=O) groups excluding carboxylic acids is 2. The Balaban J connectivity index is 2.86. The molecule has 0 aliphatic heterocycles. The predicted molar refractivity (Wildman–Crippen MR) is 78.3 cm³/mol. The molecule has 0 saturated heterocycles. The summed E-state index contributed by atoms with van der Waals surface area (Å²) < 4.78 is 25.0. The average Bonchev–Trinajstić information content (AvgIpc) is 2.45. The molecule has 0 radical (unpaired) electrons. The molecule has 2 amide bonds. The molecule has 2 N–H and O–H groups in total. The lowest BCUT2D eigenvalue weighted by atomic mass is 10.2. The van der Waals surface area contributed by atoms with E-state index < -0.39 is 15.9 Å². The van der Waals surface area contributed by atoms with Crippen molar-refractivity contribution in [3.8, 4) is 0 Å². The van der Waals surface area contributed by atoms with Gasteiger partial charge in [-0.25, -0.2) is 12.7 Å². The second-order valence-corrected chi connectivity index (χ2v) is 6.60. The number of sulfonamides is 1. The number of benzene rings is 1. The molecular formula is C13H19N3O4S. The van der Waals surface area contributed by atoms with Gasteiger partial charge in [-0.2, -0.15) is 0 Å². The van der Waals surface area contributed by atoms with Crippen molar-refractivity contribution in [2.24, 2.45) is 0 Å². The van der Waals surface area contributed by atoms with Gasteiger partial charge in [0.2, 0.25) is 15.9 Å². The fraction of sp³-hybridized carbons (Fsp3) is 0.385. The van der Waals surface area contributed by atoms with E-state index in [1.54, 1.807) is 6.92 Å². The minimum atomic E-state index is -3.60. The minimum Gasteiger partial charge on any atom is -0.355 e. The molecule has 0 aliphatic carbocycles. The number of rotatable bonds is 6. The molecule has 0 fully saturated rings. The Hall–Kier alpha value is -1.93. The maximum atomic E-state index is 12.0. The number of amides is 2. The maximum Gasteiger partial charge on any atom is 0.251 e. The van der Waals surface area contributed by atoms with E-state index in [4.69, 9.17) is 0 Å². The lowest BCUT2D eigenvalue weighted by Gasteiger charge is -2.12. The van der Waals surface area contributed by atoms with Gasteiger partial charge in [0.25, 0.3) is 5.91 Å². The zero-order chi connectivity index (χ0) is 16.0. The molecule has 1 rings (SSSR count). The zero-order valence-corrected chi connectivity index (χ0v) is 13.0. The molecule has 0 spiro atoms. The van der Waals surface area contributed by atoms with Crippen molar-refractivity contribution in [1.29, 1.82) is 0 Å². The Labute approximate surface area is 124 Å². The molecule has 116 valence electrons. The van der Waals surface area contributed by atoms with Gasteiger partial charge in [0.15, 0.2) is 0 Å². The molecule has 8 heteroatoms. The zero-order valence-electron chi connectivity index (χ0n) is 12.2. The standard InChI is InChI=1S/C13H19N3O4S/c1-4-14-12(17)9-15-13(18)10-6-5-7-11(8-10)21(19,20)16(2)3/h5-8H,4,9H2,1-3H3,(H,14,17)(H,15,18). The van der Waals surface area contributed by atoms with Gasteiger partial charge in [0, 0.05) is 26.2 Å². The summed E-state index contributed by atoms with van der Waals surface area (Å²) in [5.41, 5.74) is 0.183. The van der Waals surface area contributed by atoms with Gasteiger partial charge in [-0.3, -0.25) is 9.59 Å². The van der Waals surface area contributed by atoms with E-state index in [0.717, 1.165) is 4.31 Å². The third-order valence-electron chi connectivity index (χ3n) is 2.66. The van der Waals surface area contributed by atoms with E-state index >= 15 is 0 Å². The van der Waals surface area contributed by atoms with Crippen LogP contribution in [0.15, 0.2) is 29.2 Å². The van der Waals surface area contributed by atoms with Crippen molar-refractivity contribution >= 4 is 21.8 Å². The van der Waals surface area contributed by atoms with E-state index in [2.05, 4.69) is 10.6 Å². The third kappa shape index (κ3) is 4.54. The fourth-order valence-corrected chi connectivity index (χ4v) is 2.48. The van der Waals surface area contributed by atoms with Crippen molar-refractivity contribution in [1.82, 2.24) is 14.9 Å². The first-order valence-corrected chi connectivity index (χ1v) is 7.80. The summed E-state index contributed by atoms with van der Waals surface area (Å²) >= 11 is 0. The second kappa shape index (κ2) is 7.19. The first-order valence-electron chi connectivity index (χ1n) is 6.36. The van der Waals surface area contributed by atoms with Crippen LogP contribution in [-0.2, 0) is 14.8 Å². The molecule has 7 nitrogen and oxygen atoms in total. The number of likely N-dealkylation sites (N-methyl/N-ethyl adjacent to an activating group) is 1. The molecular weight excluding hydrogens is 294 g/mol. The third-order valence-corrected chi connectivity index (χ3v) is 4.47. The van der Waals surface area contributed by atoms with E-state index in [9.17, 15) is 18.0 Å². The van der Waals surface area contributed by atoms with Crippen molar-refractivity contribution in [2.45, 2.75) is 11.8 Å². The molecule has 0 saturated carbocycles. The number of nitrogens with zero attached hydrogens (tertiary/aromatic N) is 1. The van der Waals surface area contributed by atoms with Crippen LogP contribution in [-0.4, -0.2) is 51.7 Å². The molecule has 0 bridgehead atoms. The Morgan fingerprint density at radius 3 is 2.43 bits per heavy atom. The van der Waals surface area contributed by atoms with Crippen LogP contribution in [0.25, 0.3) is 0 Å². The van der Waals surface area contributed by atoms with Crippen LogP contribution >= 0.6 is 0 Å². The van der Waals surface area contributed by atoms with E-state index in [-0.39, 0.29) is 22.9 Å². The lowest BCUT2D eigenvalue weighted by Crippen LogP contribution is -2.36. The highest BCUT2D eigenvalue weighted by Gasteiger charge is 2.18. The summed E-state index contributed by atoms with van der Waals surface area (Å²) in [4.78, 5) is 23.2. The summed E-state index contributed by atoms with van der Waals surface area (Å²) in [6.07, 6.45) is 0. The van der Waals surface area contributed by atoms with Crippen LogP contribution in [0, 0.1) is 0 Å². The Morgan fingerprint density at radius 1 is 1.19 bits per heavy atom. The van der Waals surface area contributed by atoms with Crippen molar-refractivity contribution in [3.05, 3.63) is 29.8 Å². The van der Waals surface area contributed by atoms with E-state index in [1.165, 1.54) is 38.4 Å². The SMILES string of the molecule is CCNC(=O)CNC(=O)c1cccc(S(=O)(=O)N(C)C)c1. The molecule has 0 unspecified atom stereocenters. The van der Waals surface area contributed by atoms with Gasteiger partial charge in [-0.1, -0.05) is 6.07 Å². The number of carbonyl (C=O) groups is 2. The normalized spacial score (nSPS) is 11.2. The molecule has 0 atom stereocenters. The van der Waals surface area contributed by atoms with Crippen LogP contribution in [0.2, 0.25) is 0 Å². The van der Waals surface area contributed by atoms with Gasteiger partial charge >= 0.3 is 0 Å². The number of hydrogen-bond donors (Lipinski definition) is 2.